The molecule has 1 aromatic rings. The van der Waals surface area contributed by atoms with Crippen LogP contribution in [0.15, 0.2) is 11.0 Å². The van der Waals surface area contributed by atoms with Gasteiger partial charge in [-0.2, -0.15) is 0 Å². The predicted molar refractivity (Wildman–Crippen MR) is 58.2 cm³/mol. The summed E-state index contributed by atoms with van der Waals surface area (Å²) >= 11 is 23.0. The third-order valence-corrected chi connectivity index (χ3v) is 4.00. The summed E-state index contributed by atoms with van der Waals surface area (Å²) in [6, 6.07) is 1.57. The number of benzene rings is 1. The molecule has 0 spiro atoms. The van der Waals surface area contributed by atoms with E-state index in [4.69, 9.17) is 57.1 Å². The van der Waals surface area contributed by atoms with E-state index in [-0.39, 0.29) is 10.0 Å². The van der Waals surface area contributed by atoms with Crippen molar-refractivity contribution in [2.45, 2.75) is 4.90 Å². The van der Waals surface area contributed by atoms with E-state index in [1.54, 1.807) is 6.07 Å². The fourth-order valence-electron chi connectivity index (χ4n) is 0.607. The molecule has 0 N–H and O–H groups in total. The van der Waals surface area contributed by atoms with Gasteiger partial charge in [-0.1, -0.05) is 46.4 Å². The van der Waals surface area contributed by atoms with Gasteiger partial charge in [-0.05, 0) is 27.7 Å². The molecule has 0 saturated carbocycles. The van der Waals surface area contributed by atoms with Gasteiger partial charge in [-0.15, -0.1) is 0 Å². The lowest BCUT2D eigenvalue weighted by Crippen LogP contribution is -1.77. The highest BCUT2D eigenvalue weighted by Gasteiger charge is 2.12. The topological polar surface area (TPSA) is 0 Å². The van der Waals surface area contributed by atoms with E-state index >= 15 is 0 Å². The summed E-state index contributed by atoms with van der Waals surface area (Å²) in [5.74, 6) is 0. The predicted octanol–water partition coefficient (Wildman–Crippen LogP) is 5.55. The van der Waals surface area contributed by atoms with Crippen LogP contribution in [-0.4, -0.2) is 0 Å². The summed E-state index contributed by atoms with van der Waals surface area (Å²) in [5, 5.41) is 1.15. The maximum absolute atomic E-state index is 5.79. The molecule has 0 atom stereocenters. The van der Waals surface area contributed by atoms with Crippen LogP contribution in [0, 0.1) is 0 Å². The molecule has 0 aliphatic heterocycles. The van der Waals surface area contributed by atoms with E-state index in [2.05, 4.69) is 0 Å². The number of hydrogen-bond acceptors (Lipinski definition) is 1. The fourth-order valence-corrected chi connectivity index (χ4v) is 2.46. The van der Waals surface area contributed by atoms with Crippen LogP contribution in [0.2, 0.25) is 20.1 Å². The van der Waals surface area contributed by atoms with Crippen molar-refractivity contribution in [3.05, 3.63) is 26.2 Å². The van der Waals surface area contributed by atoms with Crippen molar-refractivity contribution in [2.24, 2.45) is 0 Å². The first-order valence-corrected chi connectivity index (χ1v) is 5.85. The van der Waals surface area contributed by atoms with E-state index in [0.717, 1.165) is 11.0 Å². The number of halogens is 5. The molecule has 1 aromatic carbocycles. The molecule has 0 aliphatic rings. The molecule has 0 heterocycles. The third kappa shape index (κ3) is 2.09. The number of hydrogen-bond donors (Lipinski definition) is 0. The van der Waals surface area contributed by atoms with Crippen LogP contribution in [0.25, 0.3) is 0 Å². The molecule has 0 saturated heterocycles. The van der Waals surface area contributed by atoms with Crippen LogP contribution in [0.5, 0.6) is 0 Å². The number of rotatable bonds is 1. The average molecular weight is 282 g/mol. The molecular formula is C6HCl5S. The van der Waals surface area contributed by atoms with Gasteiger partial charge in [-0.3, -0.25) is 0 Å². The highest BCUT2D eigenvalue weighted by Crippen LogP contribution is 2.42. The lowest BCUT2D eigenvalue weighted by molar-refractivity contribution is 1.47. The second-order valence-corrected chi connectivity index (χ2v) is 4.47. The van der Waals surface area contributed by atoms with Crippen molar-refractivity contribution in [1.29, 1.82) is 0 Å². The van der Waals surface area contributed by atoms with Crippen LogP contribution in [0.4, 0.5) is 0 Å². The van der Waals surface area contributed by atoms with Gasteiger partial charge in [0.1, 0.15) is 0 Å². The Balaban J connectivity index is 3.39. The Morgan fingerprint density at radius 2 is 1.50 bits per heavy atom. The SMILES string of the molecule is ClSc1cc(Cl)c(Cl)c(Cl)c1Cl. The van der Waals surface area contributed by atoms with Crippen LogP contribution >= 0.6 is 68.1 Å². The Hall–Kier alpha value is 1.02. The van der Waals surface area contributed by atoms with Gasteiger partial charge in [0, 0.05) is 4.90 Å². The molecule has 0 amide bonds. The van der Waals surface area contributed by atoms with Gasteiger partial charge in [0.15, 0.2) is 0 Å². The quantitative estimate of drug-likeness (QED) is 0.481. The molecule has 0 radical (unpaired) electrons. The van der Waals surface area contributed by atoms with E-state index in [9.17, 15) is 0 Å². The smallest absolute Gasteiger partial charge is 0.0805 e. The first-order valence-electron chi connectivity index (χ1n) is 2.69. The minimum absolute atomic E-state index is 0.231. The fraction of sp³-hybridized carbons (Fsp3) is 0. The van der Waals surface area contributed by atoms with Gasteiger partial charge in [-0.25, -0.2) is 0 Å². The van der Waals surface area contributed by atoms with Crippen molar-refractivity contribution >= 4 is 68.1 Å². The van der Waals surface area contributed by atoms with Gasteiger partial charge < -0.3 is 0 Å². The second kappa shape index (κ2) is 4.50. The van der Waals surface area contributed by atoms with Gasteiger partial charge in [0.25, 0.3) is 0 Å². The van der Waals surface area contributed by atoms with Crippen molar-refractivity contribution in [1.82, 2.24) is 0 Å². The maximum Gasteiger partial charge on any atom is 0.0805 e. The summed E-state index contributed by atoms with van der Waals surface area (Å²) in [6.45, 7) is 0. The summed E-state index contributed by atoms with van der Waals surface area (Å²) in [5.41, 5.74) is 0. The zero-order valence-electron chi connectivity index (χ0n) is 5.38. The Kier molecular flexibility index (Phi) is 4.16. The summed E-state index contributed by atoms with van der Waals surface area (Å²) in [7, 11) is 6.45. The standard InChI is InChI=1S/C6HCl5S/c7-2-1-3(12-11)5(9)6(10)4(2)8/h1H. The highest BCUT2D eigenvalue weighted by molar-refractivity contribution is 8.21. The van der Waals surface area contributed by atoms with E-state index < -0.39 is 0 Å². The Morgan fingerprint density at radius 1 is 0.917 bits per heavy atom. The summed E-state index contributed by atoms with van der Waals surface area (Å²) < 4.78 is 0. The van der Waals surface area contributed by atoms with Crippen molar-refractivity contribution in [3.63, 3.8) is 0 Å². The van der Waals surface area contributed by atoms with E-state index in [1.807, 2.05) is 0 Å². The molecule has 1 rings (SSSR count). The maximum atomic E-state index is 5.79. The van der Waals surface area contributed by atoms with E-state index in [0.29, 0.717) is 14.9 Å². The molecule has 0 nitrogen and oxygen atoms in total. The lowest BCUT2D eigenvalue weighted by Gasteiger charge is -2.04. The second-order valence-electron chi connectivity index (χ2n) is 1.88. The lowest BCUT2D eigenvalue weighted by atomic mass is 10.3. The molecule has 0 fully saturated rings. The average Bonchev–Trinajstić information content (AvgIpc) is 2.08. The molecular weight excluding hydrogens is 281 g/mol. The Labute approximate surface area is 98.6 Å². The Morgan fingerprint density at radius 3 is 2.00 bits per heavy atom. The molecule has 0 aliphatic carbocycles. The zero-order valence-corrected chi connectivity index (χ0v) is 9.97. The molecule has 66 valence electrons. The van der Waals surface area contributed by atoms with Crippen molar-refractivity contribution in [3.8, 4) is 0 Å². The Bertz CT molecular complexity index is 311. The van der Waals surface area contributed by atoms with Crippen molar-refractivity contribution < 1.29 is 0 Å². The van der Waals surface area contributed by atoms with Crippen LogP contribution in [-0.2, 0) is 0 Å². The van der Waals surface area contributed by atoms with Crippen molar-refractivity contribution in [2.75, 3.05) is 0 Å². The first-order chi connectivity index (χ1) is 5.57. The molecule has 0 unspecified atom stereocenters. The van der Waals surface area contributed by atoms with Gasteiger partial charge >= 0.3 is 0 Å². The highest BCUT2D eigenvalue weighted by atomic mass is 35.7. The molecule has 12 heavy (non-hydrogen) atoms. The van der Waals surface area contributed by atoms with Crippen LogP contribution in [0.3, 0.4) is 0 Å². The molecule has 0 bridgehead atoms. The summed E-state index contributed by atoms with van der Waals surface area (Å²) in [6.07, 6.45) is 0. The largest absolute Gasteiger partial charge is 0.0826 e. The van der Waals surface area contributed by atoms with Gasteiger partial charge in [0.2, 0.25) is 0 Å². The zero-order chi connectivity index (χ0) is 9.30. The normalized spacial score (nSPS) is 10.4. The minimum Gasteiger partial charge on any atom is -0.0826 e. The van der Waals surface area contributed by atoms with Crippen LogP contribution < -0.4 is 0 Å². The molecule has 6 heteroatoms. The summed E-state index contributed by atoms with van der Waals surface area (Å²) in [4.78, 5) is 0.595. The van der Waals surface area contributed by atoms with Gasteiger partial charge in [0.05, 0.1) is 20.1 Å². The monoisotopic (exact) mass is 280 g/mol. The van der Waals surface area contributed by atoms with Crippen LogP contribution in [0.1, 0.15) is 0 Å². The minimum atomic E-state index is 0.231. The third-order valence-electron chi connectivity index (χ3n) is 1.15. The van der Waals surface area contributed by atoms with E-state index in [1.165, 1.54) is 0 Å². The first kappa shape index (κ1) is 11.1. The molecule has 0 aromatic heterocycles.